The SMILES string of the molecule is CCC(C)NS(=O)(=O)c1ccc(C(=O)NC(C)(CC(=O)O)C(C)C)cc1. The standard InChI is InChI=1S/C18H28N2O5S/c1-6-13(4)20-26(24,25)15-9-7-14(8-10-15)17(23)19-18(5,12(2)3)11-16(21)22/h7-10,12-13,20H,6,11H2,1-5H3,(H,19,23)(H,21,22). The fraction of sp³-hybridized carbons (Fsp3) is 0.556. The van der Waals surface area contributed by atoms with Crippen LogP contribution < -0.4 is 10.0 Å². The lowest BCUT2D eigenvalue weighted by molar-refractivity contribution is -0.138. The van der Waals surface area contributed by atoms with Gasteiger partial charge >= 0.3 is 5.97 Å². The number of benzene rings is 1. The predicted octanol–water partition coefficient (Wildman–Crippen LogP) is 2.38. The zero-order valence-electron chi connectivity index (χ0n) is 15.9. The molecule has 7 nitrogen and oxygen atoms in total. The predicted molar refractivity (Wildman–Crippen MR) is 99.5 cm³/mol. The van der Waals surface area contributed by atoms with E-state index in [4.69, 9.17) is 5.11 Å². The zero-order valence-corrected chi connectivity index (χ0v) is 16.7. The molecule has 8 heteroatoms. The summed E-state index contributed by atoms with van der Waals surface area (Å²) in [6.45, 7) is 9.00. The number of hydrogen-bond acceptors (Lipinski definition) is 4. The largest absolute Gasteiger partial charge is 0.481 e. The van der Waals surface area contributed by atoms with Gasteiger partial charge in [-0.2, -0.15) is 0 Å². The van der Waals surface area contributed by atoms with Gasteiger partial charge < -0.3 is 10.4 Å². The minimum absolute atomic E-state index is 0.0755. The van der Waals surface area contributed by atoms with E-state index in [2.05, 4.69) is 10.0 Å². The molecular weight excluding hydrogens is 356 g/mol. The van der Waals surface area contributed by atoms with Gasteiger partial charge in [0.25, 0.3) is 5.91 Å². The Balaban J connectivity index is 2.97. The van der Waals surface area contributed by atoms with Crippen LogP contribution in [-0.2, 0) is 14.8 Å². The molecule has 3 N–H and O–H groups in total. The highest BCUT2D eigenvalue weighted by Crippen LogP contribution is 2.22. The quantitative estimate of drug-likeness (QED) is 0.605. The van der Waals surface area contributed by atoms with Crippen molar-refractivity contribution in [2.75, 3.05) is 0 Å². The van der Waals surface area contributed by atoms with Gasteiger partial charge in [-0.15, -0.1) is 0 Å². The summed E-state index contributed by atoms with van der Waals surface area (Å²) in [5.41, 5.74) is -0.643. The van der Waals surface area contributed by atoms with Crippen molar-refractivity contribution in [1.82, 2.24) is 10.0 Å². The third-order valence-corrected chi connectivity index (χ3v) is 6.19. The monoisotopic (exact) mass is 384 g/mol. The summed E-state index contributed by atoms with van der Waals surface area (Å²) in [4.78, 5) is 23.6. The fourth-order valence-electron chi connectivity index (χ4n) is 2.24. The van der Waals surface area contributed by atoms with E-state index in [1.54, 1.807) is 13.8 Å². The first-order valence-electron chi connectivity index (χ1n) is 8.58. The molecule has 2 unspecified atom stereocenters. The number of aliphatic carboxylic acids is 1. The second-order valence-corrected chi connectivity index (χ2v) is 8.77. The maximum Gasteiger partial charge on any atom is 0.305 e. The van der Waals surface area contributed by atoms with Crippen molar-refractivity contribution in [2.24, 2.45) is 5.92 Å². The third kappa shape index (κ3) is 5.81. The summed E-state index contributed by atoms with van der Waals surface area (Å²) < 4.78 is 27.0. The lowest BCUT2D eigenvalue weighted by atomic mass is 9.85. The fourth-order valence-corrected chi connectivity index (χ4v) is 3.57. The van der Waals surface area contributed by atoms with Crippen LogP contribution in [0.5, 0.6) is 0 Å². The Kier molecular flexibility index (Phi) is 7.35. The molecule has 0 aliphatic rings. The maximum absolute atomic E-state index is 12.5. The van der Waals surface area contributed by atoms with Crippen LogP contribution in [-0.4, -0.2) is 37.0 Å². The molecule has 0 heterocycles. The van der Waals surface area contributed by atoms with Gasteiger partial charge in [-0.25, -0.2) is 13.1 Å². The van der Waals surface area contributed by atoms with Crippen LogP contribution in [0.25, 0.3) is 0 Å². The summed E-state index contributed by atoms with van der Waals surface area (Å²) in [6.07, 6.45) is 0.457. The number of nitrogens with one attached hydrogen (secondary N) is 2. The van der Waals surface area contributed by atoms with Crippen molar-refractivity contribution in [1.29, 1.82) is 0 Å². The van der Waals surface area contributed by atoms with Crippen molar-refractivity contribution in [3.8, 4) is 0 Å². The molecular formula is C18H28N2O5S. The molecule has 0 fully saturated rings. The molecule has 0 saturated carbocycles. The Bertz CT molecular complexity index is 743. The number of carboxylic acids is 1. The first-order chi connectivity index (χ1) is 11.9. The number of sulfonamides is 1. The Morgan fingerprint density at radius 3 is 2.12 bits per heavy atom. The van der Waals surface area contributed by atoms with Gasteiger partial charge in [-0.05, 0) is 50.5 Å². The van der Waals surface area contributed by atoms with Gasteiger partial charge in [-0.3, -0.25) is 9.59 Å². The highest BCUT2D eigenvalue weighted by Gasteiger charge is 2.33. The van der Waals surface area contributed by atoms with E-state index >= 15 is 0 Å². The molecule has 2 atom stereocenters. The number of rotatable bonds is 9. The zero-order chi connectivity index (χ0) is 20.1. The van der Waals surface area contributed by atoms with Crippen LogP contribution in [0, 0.1) is 5.92 Å². The lowest BCUT2D eigenvalue weighted by Gasteiger charge is -2.33. The summed E-state index contributed by atoms with van der Waals surface area (Å²) in [5, 5.41) is 11.8. The van der Waals surface area contributed by atoms with Crippen LogP contribution in [0.4, 0.5) is 0 Å². The van der Waals surface area contributed by atoms with Gasteiger partial charge in [0.05, 0.1) is 16.9 Å². The molecule has 0 radical (unpaired) electrons. The second kappa shape index (κ2) is 8.64. The Morgan fingerprint density at radius 1 is 1.15 bits per heavy atom. The van der Waals surface area contributed by atoms with E-state index in [9.17, 15) is 18.0 Å². The van der Waals surface area contributed by atoms with Crippen molar-refractivity contribution in [3.63, 3.8) is 0 Å². The lowest BCUT2D eigenvalue weighted by Crippen LogP contribution is -2.51. The van der Waals surface area contributed by atoms with Crippen molar-refractivity contribution >= 4 is 21.9 Å². The van der Waals surface area contributed by atoms with Crippen LogP contribution >= 0.6 is 0 Å². The first kappa shape index (κ1) is 22.1. The number of amides is 1. The average Bonchev–Trinajstić information content (AvgIpc) is 2.53. The molecule has 0 spiro atoms. The van der Waals surface area contributed by atoms with E-state index in [-0.39, 0.29) is 28.8 Å². The Hall–Kier alpha value is -1.93. The van der Waals surface area contributed by atoms with Crippen LogP contribution in [0.2, 0.25) is 0 Å². The van der Waals surface area contributed by atoms with E-state index in [1.165, 1.54) is 24.3 Å². The van der Waals surface area contributed by atoms with Gasteiger partial charge in [0.15, 0.2) is 0 Å². The topological polar surface area (TPSA) is 113 Å². The minimum atomic E-state index is -3.64. The highest BCUT2D eigenvalue weighted by molar-refractivity contribution is 7.89. The number of carboxylic acid groups (broad SMARTS) is 1. The van der Waals surface area contributed by atoms with Crippen molar-refractivity contribution in [3.05, 3.63) is 29.8 Å². The van der Waals surface area contributed by atoms with Crippen LogP contribution in [0.3, 0.4) is 0 Å². The molecule has 1 aromatic rings. The maximum atomic E-state index is 12.5. The van der Waals surface area contributed by atoms with Gasteiger partial charge in [0, 0.05) is 11.6 Å². The molecule has 1 aromatic carbocycles. The number of hydrogen-bond donors (Lipinski definition) is 3. The second-order valence-electron chi connectivity index (χ2n) is 7.05. The summed E-state index contributed by atoms with van der Waals surface area (Å²) in [5.74, 6) is -1.54. The van der Waals surface area contributed by atoms with Gasteiger partial charge in [0.1, 0.15) is 0 Å². The smallest absolute Gasteiger partial charge is 0.305 e. The molecule has 0 aliphatic heterocycles. The van der Waals surface area contributed by atoms with Crippen molar-refractivity contribution < 1.29 is 23.1 Å². The van der Waals surface area contributed by atoms with E-state index in [0.29, 0.717) is 6.42 Å². The Morgan fingerprint density at radius 2 is 1.69 bits per heavy atom. The molecule has 146 valence electrons. The van der Waals surface area contributed by atoms with Crippen LogP contribution in [0.1, 0.15) is 57.8 Å². The normalized spacial score (nSPS) is 15.3. The van der Waals surface area contributed by atoms with Crippen molar-refractivity contribution in [2.45, 2.75) is 63.9 Å². The number of carbonyl (C=O) groups excluding carboxylic acids is 1. The molecule has 0 aliphatic carbocycles. The van der Waals surface area contributed by atoms with Gasteiger partial charge in [0.2, 0.25) is 10.0 Å². The molecule has 1 amide bonds. The van der Waals surface area contributed by atoms with Crippen LogP contribution in [0.15, 0.2) is 29.2 Å². The highest BCUT2D eigenvalue weighted by atomic mass is 32.2. The number of carbonyl (C=O) groups is 2. The molecule has 0 saturated heterocycles. The Labute approximate surface area is 155 Å². The van der Waals surface area contributed by atoms with E-state index < -0.39 is 27.4 Å². The van der Waals surface area contributed by atoms with E-state index in [1.807, 2.05) is 20.8 Å². The first-order valence-corrected chi connectivity index (χ1v) is 10.1. The average molecular weight is 384 g/mol. The molecule has 0 bridgehead atoms. The molecule has 0 aromatic heterocycles. The third-order valence-electron chi connectivity index (χ3n) is 4.59. The summed E-state index contributed by atoms with van der Waals surface area (Å²) >= 11 is 0. The van der Waals surface area contributed by atoms with E-state index in [0.717, 1.165) is 0 Å². The minimum Gasteiger partial charge on any atom is -0.481 e. The van der Waals surface area contributed by atoms with Gasteiger partial charge in [-0.1, -0.05) is 20.8 Å². The summed E-state index contributed by atoms with van der Waals surface area (Å²) in [7, 11) is -3.64. The molecule has 26 heavy (non-hydrogen) atoms. The molecule has 1 rings (SSSR count). The summed E-state index contributed by atoms with van der Waals surface area (Å²) in [6, 6.07) is 5.38.